The molecule has 0 radical (unpaired) electrons. The highest BCUT2D eigenvalue weighted by Crippen LogP contribution is 2.18. The first-order chi connectivity index (χ1) is 9.95. The second-order valence-electron chi connectivity index (χ2n) is 4.37. The highest BCUT2D eigenvalue weighted by Gasteiger charge is 2.11. The van der Waals surface area contributed by atoms with Gasteiger partial charge in [-0.05, 0) is 31.5 Å². The van der Waals surface area contributed by atoms with Crippen molar-refractivity contribution < 1.29 is 19.5 Å². The number of amides is 3. The van der Waals surface area contributed by atoms with Gasteiger partial charge in [0.2, 0.25) is 5.91 Å². The maximum absolute atomic E-state index is 11.7. The predicted octanol–water partition coefficient (Wildman–Crippen LogP) is 1.34. The number of benzene rings is 1. The van der Waals surface area contributed by atoms with E-state index in [1.54, 1.807) is 19.1 Å². The number of carbonyl (C=O) groups is 3. The largest absolute Gasteiger partial charge is 0.478 e. The van der Waals surface area contributed by atoms with Gasteiger partial charge in [0.1, 0.15) is 0 Å². The Labute approximate surface area is 122 Å². The lowest BCUT2D eigenvalue weighted by molar-refractivity contribution is -0.120. The van der Waals surface area contributed by atoms with Gasteiger partial charge in [0.25, 0.3) is 0 Å². The van der Waals surface area contributed by atoms with Crippen LogP contribution in [0.5, 0.6) is 0 Å². The molecule has 0 bridgehead atoms. The standard InChI is InChI=1S/C14H19N3O4/c1-3-15-12(18)7-8-16-14(21)17-11-6-4-5-10(9(11)2)13(19)20/h4-6H,3,7-8H2,1-2H3,(H,15,18)(H,19,20)(H2,16,17,21). The van der Waals surface area contributed by atoms with Crippen LogP contribution >= 0.6 is 0 Å². The molecule has 1 aromatic carbocycles. The van der Waals surface area contributed by atoms with Crippen LogP contribution in [0.4, 0.5) is 10.5 Å². The zero-order chi connectivity index (χ0) is 15.8. The molecule has 7 nitrogen and oxygen atoms in total. The van der Waals surface area contributed by atoms with Crippen LogP contribution in [0.15, 0.2) is 18.2 Å². The molecule has 21 heavy (non-hydrogen) atoms. The van der Waals surface area contributed by atoms with Gasteiger partial charge in [-0.1, -0.05) is 6.07 Å². The molecule has 3 amide bonds. The summed E-state index contributed by atoms with van der Waals surface area (Å²) in [7, 11) is 0. The average Bonchev–Trinajstić information content (AvgIpc) is 2.41. The Bertz CT molecular complexity index is 543. The SMILES string of the molecule is CCNC(=O)CCNC(=O)Nc1cccc(C(=O)O)c1C. The van der Waals surface area contributed by atoms with Gasteiger partial charge in [0.15, 0.2) is 0 Å². The van der Waals surface area contributed by atoms with E-state index in [9.17, 15) is 14.4 Å². The number of carboxylic acid groups (broad SMARTS) is 1. The average molecular weight is 293 g/mol. The minimum absolute atomic E-state index is 0.134. The molecule has 0 aliphatic carbocycles. The maximum Gasteiger partial charge on any atom is 0.336 e. The summed E-state index contributed by atoms with van der Waals surface area (Å²) >= 11 is 0. The first kappa shape index (κ1) is 16.5. The Morgan fingerprint density at radius 1 is 1.19 bits per heavy atom. The maximum atomic E-state index is 11.7. The van der Waals surface area contributed by atoms with Crippen molar-refractivity contribution >= 4 is 23.6 Å². The summed E-state index contributed by atoms with van der Waals surface area (Å²) < 4.78 is 0. The molecule has 0 aliphatic heterocycles. The lowest BCUT2D eigenvalue weighted by atomic mass is 10.1. The van der Waals surface area contributed by atoms with Gasteiger partial charge in [0.05, 0.1) is 5.56 Å². The Morgan fingerprint density at radius 3 is 2.52 bits per heavy atom. The normalized spacial score (nSPS) is 9.81. The summed E-state index contributed by atoms with van der Waals surface area (Å²) in [5, 5.41) is 16.7. The zero-order valence-corrected chi connectivity index (χ0v) is 12.0. The van der Waals surface area contributed by atoms with E-state index in [1.807, 2.05) is 6.92 Å². The van der Waals surface area contributed by atoms with Crippen LogP contribution in [-0.4, -0.2) is 36.1 Å². The number of anilines is 1. The lowest BCUT2D eigenvalue weighted by Crippen LogP contribution is -2.33. The number of aromatic carboxylic acids is 1. The van der Waals surface area contributed by atoms with Gasteiger partial charge in [-0.3, -0.25) is 4.79 Å². The van der Waals surface area contributed by atoms with E-state index < -0.39 is 12.0 Å². The van der Waals surface area contributed by atoms with Crippen LogP contribution in [-0.2, 0) is 4.79 Å². The molecule has 0 heterocycles. The molecule has 0 aliphatic rings. The van der Waals surface area contributed by atoms with Gasteiger partial charge >= 0.3 is 12.0 Å². The summed E-state index contributed by atoms with van der Waals surface area (Å²) in [6.07, 6.45) is 0.190. The Balaban J connectivity index is 2.54. The van der Waals surface area contributed by atoms with Crippen molar-refractivity contribution in [1.29, 1.82) is 0 Å². The van der Waals surface area contributed by atoms with Crippen LogP contribution in [0.2, 0.25) is 0 Å². The van der Waals surface area contributed by atoms with E-state index in [2.05, 4.69) is 16.0 Å². The quantitative estimate of drug-likeness (QED) is 0.634. The number of urea groups is 1. The van der Waals surface area contributed by atoms with Crippen molar-refractivity contribution in [1.82, 2.24) is 10.6 Å². The van der Waals surface area contributed by atoms with E-state index >= 15 is 0 Å². The number of hydrogen-bond donors (Lipinski definition) is 4. The zero-order valence-electron chi connectivity index (χ0n) is 12.0. The van der Waals surface area contributed by atoms with Crippen molar-refractivity contribution in [3.63, 3.8) is 0 Å². The van der Waals surface area contributed by atoms with E-state index in [4.69, 9.17) is 5.11 Å². The van der Waals surface area contributed by atoms with Crippen molar-refractivity contribution in [2.45, 2.75) is 20.3 Å². The number of carbonyl (C=O) groups excluding carboxylic acids is 2. The van der Waals surface area contributed by atoms with Gasteiger partial charge in [0, 0.05) is 25.2 Å². The molecule has 0 aromatic heterocycles. The number of hydrogen-bond acceptors (Lipinski definition) is 3. The highest BCUT2D eigenvalue weighted by molar-refractivity contribution is 5.95. The topological polar surface area (TPSA) is 108 Å². The molecule has 0 atom stereocenters. The third-order valence-corrected chi connectivity index (χ3v) is 2.82. The van der Waals surface area contributed by atoms with Crippen LogP contribution in [0.3, 0.4) is 0 Å². The Kier molecular flexibility index (Phi) is 6.19. The molecule has 0 saturated heterocycles. The van der Waals surface area contributed by atoms with Crippen LogP contribution in [0.25, 0.3) is 0 Å². The molecule has 114 valence electrons. The molecule has 0 spiro atoms. The number of carboxylic acids is 1. The van der Waals surface area contributed by atoms with Gasteiger partial charge in [-0.2, -0.15) is 0 Å². The molecule has 4 N–H and O–H groups in total. The molecular weight excluding hydrogens is 274 g/mol. The molecular formula is C14H19N3O4. The molecule has 7 heteroatoms. The molecule has 1 aromatic rings. The smallest absolute Gasteiger partial charge is 0.336 e. The fourth-order valence-corrected chi connectivity index (χ4v) is 1.74. The predicted molar refractivity (Wildman–Crippen MR) is 78.5 cm³/mol. The summed E-state index contributed by atoms with van der Waals surface area (Å²) in [6, 6.07) is 4.16. The molecule has 0 unspecified atom stereocenters. The fraction of sp³-hybridized carbons (Fsp3) is 0.357. The van der Waals surface area contributed by atoms with Crippen molar-refractivity contribution in [3.8, 4) is 0 Å². The van der Waals surface area contributed by atoms with Crippen molar-refractivity contribution in [3.05, 3.63) is 29.3 Å². The summed E-state index contributed by atoms with van der Waals surface area (Å²) in [5.41, 5.74) is 1.03. The molecule has 0 saturated carbocycles. The minimum Gasteiger partial charge on any atom is -0.478 e. The lowest BCUT2D eigenvalue weighted by Gasteiger charge is -2.11. The molecule has 1 rings (SSSR count). The minimum atomic E-state index is -1.05. The monoisotopic (exact) mass is 293 g/mol. The second kappa shape index (κ2) is 7.88. The van der Waals surface area contributed by atoms with Crippen LogP contribution < -0.4 is 16.0 Å². The van der Waals surface area contributed by atoms with Gasteiger partial charge < -0.3 is 21.1 Å². The summed E-state index contributed by atoms with van der Waals surface area (Å²) in [6.45, 7) is 4.19. The first-order valence-corrected chi connectivity index (χ1v) is 6.60. The second-order valence-corrected chi connectivity index (χ2v) is 4.37. The summed E-state index contributed by atoms with van der Waals surface area (Å²) in [5.74, 6) is -1.19. The van der Waals surface area contributed by atoms with E-state index in [0.717, 1.165) is 0 Å². The third kappa shape index (κ3) is 5.13. The van der Waals surface area contributed by atoms with Gasteiger partial charge in [-0.15, -0.1) is 0 Å². The summed E-state index contributed by atoms with van der Waals surface area (Å²) in [4.78, 5) is 33.9. The number of nitrogens with one attached hydrogen (secondary N) is 3. The fourth-order valence-electron chi connectivity index (χ4n) is 1.74. The van der Waals surface area contributed by atoms with E-state index in [-0.39, 0.29) is 24.4 Å². The van der Waals surface area contributed by atoms with Crippen molar-refractivity contribution in [2.24, 2.45) is 0 Å². The first-order valence-electron chi connectivity index (χ1n) is 6.60. The van der Waals surface area contributed by atoms with Crippen molar-refractivity contribution in [2.75, 3.05) is 18.4 Å². The Hall–Kier alpha value is -2.57. The van der Waals surface area contributed by atoms with Gasteiger partial charge in [-0.25, -0.2) is 9.59 Å². The number of rotatable bonds is 6. The third-order valence-electron chi connectivity index (χ3n) is 2.82. The van der Waals surface area contributed by atoms with E-state index in [0.29, 0.717) is 17.8 Å². The van der Waals surface area contributed by atoms with E-state index in [1.165, 1.54) is 6.07 Å². The molecule has 0 fully saturated rings. The van der Waals surface area contributed by atoms with Crippen LogP contribution in [0, 0.1) is 6.92 Å². The highest BCUT2D eigenvalue weighted by atomic mass is 16.4. The van der Waals surface area contributed by atoms with Crippen LogP contribution in [0.1, 0.15) is 29.3 Å². The Morgan fingerprint density at radius 2 is 1.90 bits per heavy atom.